The van der Waals surface area contributed by atoms with Crippen molar-refractivity contribution in [3.05, 3.63) is 45.0 Å². The number of nitrogens with zero attached hydrogens (tertiary/aromatic N) is 3. The Morgan fingerprint density at radius 1 is 1.45 bits per heavy atom. The molecular weight excluding hydrogens is 304 g/mol. The third kappa shape index (κ3) is 3.85. The zero-order valence-electron chi connectivity index (χ0n) is 12.3. The van der Waals surface area contributed by atoms with Crippen molar-refractivity contribution in [1.29, 1.82) is 0 Å². The Morgan fingerprint density at radius 3 is 2.91 bits per heavy atom. The van der Waals surface area contributed by atoms with Gasteiger partial charge >= 0.3 is 0 Å². The number of aromatic nitrogens is 2. The van der Waals surface area contributed by atoms with Crippen molar-refractivity contribution in [3.63, 3.8) is 0 Å². The van der Waals surface area contributed by atoms with Gasteiger partial charge in [-0.3, -0.25) is 20.2 Å². The molecule has 1 amide bonds. The van der Waals surface area contributed by atoms with Crippen LogP contribution >= 0.6 is 11.3 Å². The average Bonchev–Trinajstić information content (AvgIpc) is 2.96. The molecule has 116 valence electrons. The molecule has 8 heteroatoms. The van der Waals surface area contributed by atoms with Gasteiger partial charge in [0.25, 0.3) is 11.6 Å². The summed E-state index contributed by atoms with van der Waals surface area (Å²) in [6, 6.07) is 5.56. The van der Waals surface area contributed by atoms with Crippen LogP contribution in [0.1, 0.15) is 48.0 Å². The molecule has 1 heterocycles. The molecule has 0 aliphatic carbocycles. The molecule has 1 N–H and O–H groups in total. The maximum atomic E-state index is 12.1. The lowest BCUT2D eigenvalue weighted by atomic mass is 10.1. The van der Waals surface area contributed by atoms with E-state index in [2.05, 4.69) is 29.4 Å². The van der Waals surface area contributed by atoms with Crippen molar-refractivity contribution < 1.29 is 9.72 Å². The zero-order valence-corrected chi connectivity index (χ0v) is 13.1. The first-order chi connectivity index (χ1) is 10.5. The van der Waals surface area contributed by atoms with Crippen molar-refractivity contribution in [2.75, 3.05) is 5.32 Å². The van der Waals surface area contributed by atoms with E-state index in [-0.39, 0.29) is 11.3 Å². The first-order valence-corrected chi connectivity index (χ1v) is 7.72. The van der Waals surface area contributed by atoms with E-state index in [0.717, 1.165) is 17.8 Å². The quantitative estimate of drug-likeness (QED) is 0.647. The molecule has 22 heavy (non-hydrogen) atoms. The van der Waals surface area contributed by atoms with Crippen molar-refractivity contribution >= 4 is 28.1 Å². The summed E-state index contributed by atoms with van der Waals surface area (Å²) >= 11 is 1.33. The molecule has 0 spiro atoms. The van der Waals surface area contributed by atoms with E-state index in [1.165, 1.54) is 35.6 Å². The van der Waals surface area contributed by atoms with Gasteiger partial charge in [0, 0.05) is 23.6 Å². The van der Waals surface area contributed by atoms with Gasteiger partial charge in [-0.1, -0.05) is 37.7 Å². The molecule has 0 radical (unpaired) electrons. The molecule has 0 aliphatic rings. The molecule has 0 saturated heterocycles. The van der Waals surface area contributed by atoms with Crippen LogP contribution in [0.5, 0.6) is 0 Å². The first kappa shape index (κ1) is 16.0. The van der Waals surface area contributed by atoms with Crippen LogP contribution in [-0.2, 0) is 0 Å². The molecule has 1 aromatic carbocycles. The van der Waals surface area contributed by atoms with Crippen molar-refractivity contribution in [2.45, 2.75) is 32.6 Å². The number of rotatable bonds is 6. The average molecular weight is 320 g/mol. The molecule has 7 nitrogen and oxygen atoms in total. The van der Waals surface area contributed by atoms with Crippen LogP contribution in [0.25, 0.3) is 0 Å². The second kappa shape index (κ2) is 7.08. The molecular formula is C14H16N4O3S. The Kier molecular flexibility index (Phi) is 5.16. The monoisotopic (exact) mass is 320 g/mol. The predicted molar refractivity (Wildman–Crippen MR) is 84.3 cm³/mol. The number of nitro groups is 1. The Hall–Kier alpha value is -2.35. The van der Waals surface area contributed by atoms with Gasteiger partial charge in [0.05, 0.1) is 4.92 Å². The fraction of sp³-hybridized carbons (Fsp3) is 0.357. The first-order valence-electron chi connectivity index (χ1n) is 6.90. The fourth-order valence-electron chi connectivity index (χ4n) is 1.97. The van der Waals surface area contributed by atoms with Crippen LogP contribution in [0.2, 0.25) is 0 Å². The van der Waals surface area contributed by atoms with Crippen LogP contribution < -0.4 is 5.32 Å². The van der Waals surface area contributed by atoms with Gasteiger partial charge in [0.15, 0.2) is 0 Å². The highest BCUT2D eigenvalue weighted by molar-refractivity contribution is 7.15. The maximum absolute atomic E-state index is 12.1. The standard InChI is InChI=1S/C14H16N4O3S/c1-3-5-9(2)13-16-17-14(22-13)15-12(19)10-6-4-7-11(8-10)18(20)21/h4,6-9H,3,5H2,1-2H3,(H,15,17,19). The van der Waals surface area contributed by atoms with E-state index in [0.29, 0.717) is 11.0 Å². The Balaban J connectivity index is 2.09. The number of anilines is 1. The van der Waals surface area contributed by atoms with Crippen LogP contribution in [0.15, 0.2) is 24.3 Å². The van der Waals surface area contributed by atoms with E-state index in [4.69, 9.17) is 0 Å². The normalized spacial score (nSPS) is 11.9. The van der Waals surface area contributed by atoms with Gasteiger partial charge in [0.1, 0.15) is 5.01 Å². The zero-order chi connectivity index (χ0) is 16.1. The SMILES string of the molecule is CCCC(C)c1nnc(NC(=O)c2cccc([N+](=O)[O-])c2)s1. The number of amides is 1. The summed E-state index contributed by atoms with van der Waals surface area (Å²) in [5, 5.41) is 22.6. The Bertz CT molecular complexity index is 686. The van der Waals surface area contributed by atoms with Crippen molar-refractivity contribution in [3.8, 4) is 0 Å². The lowest BCUT2D eigenvalue weighted by Gasteiger charge is -2.03. The lowest BCUT2D eigenvalue weighted by molar-refractivity contribution is -0.384. The molecule has 0 aliphatic heterocycles. The third-order valence-electron chi connectivity index (χ3n) is 3.12. The topological polar surface area (TPSA) is 98.0 Å². The van der Waals surface area contributed by atoms with E-state index in [1.807, 2.05) is 0 Å². The molecule has 0 saturated carbocycles. The molecule has 0 fully saturated rings. The van der Waals surface area contributed by atoms with Crippen LogP contribution in [0, 0.1) is 10.1 Å². The highest BCUT2D eigenvalue weighted by Gasteiger charge is 2.15. The number of hydrogen-bond acceptors (Lipinski definition) is 6. The van der Waals surface area contributed by atoms with E-state index >= 15 is 0 Å². The number of nitrogens with one attached hydrogen (secondary N) is 1. The summed E-state index contributed by atoms with van der Waals surface area (Å²) in [5.74, 6) is -0.138. The number of hydrogen-bond donors (Lipinski definition) is 1. The number of non-ortho nitro benzene ring substituents is 1. The highest BCUT2D eigenvalue weighted by Crippen LogP contribution is 2.26. The summed E-state index contributed by atoms with van der Waals surface area (Å²) in [6.45, 7) is 4.17. The number of carbonyl (C=O) groups is 1. The molecule has 2 aromatic rings. The molecule has 0 bridgehead atoms. The van der Waals surface area contributed by atoms with Gasteiger partial charge in [-0.2, -0.15) is 0 Å². The van der Waals surface area contributed by atoms with E-state index < -0.39 is 10.8 Å². The van der Waals surface area contributed by atoms with Crippen LogP contribution in [-0.4, -0.2) is 21.0 Å². The van der Waals surface area contributed by atoms with Crippen molar-refractivity contribution in [2.24, 2.45) is 0 Å². The minimum absolute atomic E-state index is 0.123. The van der Waals surface area contributed by atoms with Gasteiger partial charge in [-0.15, -0.1) is 10.2 Å². The minimum Gasteiger partial charge on any atom is -0.296 e. The van der Waals surface area contributed by atoms with E-state index in [9.17, 15) is 14.9 Å². The van der Waals surface area contributed by atoms with Gasteiger partial charge in [0.2, 0.25) is 5.13 Å². The molecule has 1 aromatic heterocycles. The Labute approximate surface area is 131 Å². The maximum Gasteiger partial charge on any atom is 0.270 e. The van der Waals surface area contributed by atoms with Crippen LogP contribution in [0.4, 0.5) is 10.8 Å². The van der Waals surface area contributed by atoms with E-state index in [1.54, 1.807) is 0 Å². The fourth-order valence-corrected chi connectivity index (χ4v) is 2.79. The van der Waals surface area contributed by atoms with Crippen LogP contribution in [0.3, 0.4) is 0 Å². The number of benzene rings is 1. The number of carbonyl (C=O) groups excluding carboxylic acids is 1. The number of nitro benzene ring substituents is 1. The molecule has 1 unspecified atom stereocenters. The van der Waals surface area contributed by atoms with Crippen molar-refractivity contribution in [1.82, 2.24) is 10.2 Å². The summed E-state index contributed by atoms with van der Waals surface area (Å²) in [5.41, 5.74) is 0.0923. The summed E-state index contributed by atoms with van der Waals surface area (Å²) in [7, 11) is 0. The predicted octanol–water partition coefficient (Wildman–Crippen LogP) is 3.60. The van der Waals surface area contributed by atoms with Gasteiger partial charge < -0.3 is 0 Å². The summed E-state index contributed by atoms with van der Waals surface area (Å²) < 4.78 is 0. The molecule has 1 atom stereocenters. The van der Waals surface area contributed by atoms with Gasteiger partial charge in [-0.05, 0) is 12.5 Å². The summed E-state index contributed by atoms with van der Waals surface area (Å²) in [6.07, 6.45) is 2.06. The highest BCUT2D eigenvalue weighted by atomic mass is 32.1. The lowest BCUT2D eigenvalue weighted by Crippen LogP contribution is -2.11. The molecule has 2 rings (SSSR count). The second-order valence-corrected chi connectivity index (χ2v) is 5.91. The largest absolute Gasteiger partial charge is 0.296 e. The summed E-state index contributed by atoms with van der Waals surface area (Å²) in [4.78, 5) is 22.3. The smallest absolute Gasteiger partial charge is 0.270 e. The third-order valence-corrected chi connectivity index (χ3v) is 4.19. The van der Waals surface area contributed by atoms with Gasteiger partial charge in [-0.25, -0.2) is 0 Å². The second-order valence-electron chi connectivity index (χ2n) is 4.90. The minimum atomic E-state index is -0.535. The Morgan fingerprint density at radius 2 is 2.23 bits per heavy atom.